The molecular weight excluding hydrogens is 381 g/mol. The summed E-state index contributed by atoms with van der Waals surface area (Å²) >= 11 is 0. The zero-order valence-electron chi connectivity index (χ0n) is 16.0. The van der Waals surface area contributed by atoms with Crippen molar-refractivity contribution in [1.29, 1.82) is 0 Å². The lowest BCUT2D eigenvalue weighted by atomic mass is 10.1. The summed E-state index contributed by atoms with van der Waals surface area (Å²) in [6.45, 7) is 3.60. The molecule has 0 atom stereocenters. The molecule has 2 aromatic carbocycles. The fourth-order valence-corrected chi connectivity index (χ4v) is 4.05. The van der Waals surface area contributed by atoms with E-state index in [1.54, 1.807) is 54.3 Å². The lowest BCUT2D eigenvalue weighted by Crippen LogP contribution is -2.49. The number of amides is 1. The molecule has 28 heavy (non-hydrogen) atoms. The summed E-state index contributed by atoms with van der Waals surface area (Å²) in [5.41, 5.74) is 1.44. The maximum atomic E-state index is 14.0. The van der Waals surface area contributed by atoms with Crippen molar-refractivity contribution in [2.45, 2.75) is 6.92 Å². The van der Waals surface area contributed by atoms with Crippen LogP contribution in [0.2, 0.25) is 0 Å². The van der Waals surface area contributed by atoms with Crippen LogP contribution in [0.5, 0.6) is 0 Å². The number of halogens is 1. The number of piperazine rings is 1. The van der Waals surface area contributed by atoms with Crippen LogP contribution in [0, 0.1) is 5.82 Å². The van der Waals surface area contributed by atoms with E-state index in [0.717, 1.165) is 0 Å². The summed E-state index contributed by atoms with van der Waals surface area (Å²) < 4.78 is 39.3. The van der Waals surface area contributed by atoms with Gasteiger partial charge in [-0.05, 0) is 37.3 Å². The molecule has 150 valence electrons. The van der Waals surface area contributed by atoms with Gasteiger partial charge in [0.15, 0.2) is 0 Å². The lowest BCUT2D eigenvalue weighted by molar-refractivity contribution is 0.0746. The maximum Gasteiger partial charge on any atom is 0.254 e. The second kappa shape index (κ2) is 8.18. The van der Waals surface area contributed by atoms with Crippen molar-refractivity contribution >= 4 is 27.3 Å². The molecule has 0 N–H and O–H groups in total. The van der Waals surface area contributed by atoms with E-state index in [4.69, 9.17) is 0 Å². The lowest BCUT2D eigenvalue weighted by Gasteiger charge is -2.36. The zero-order chi connectivity index (χ0) is 20.3. The van der Waals surface area contributed by atoms with Crippen molar-refractivity contribution in [2.75, 3.05) is 48.2 Å². The number of sulfonamides is 1. The summed E-state index contributed by atoms with van der Waals surface area (Å²) in [6.07, 6.45) is 0. The molecule has 1 saturated heterocycles. The third-order valence-electron chi connectivity index (χ3n) is 5.00. The second-order valence-corrected chi connectivity index (χ2v) is 8.94. The highest BCUT2D eigenvalue weighted by Gasteiger charge is 2.24. The number of hydrogen-bond donors (Lipinski definition) is 0. The Hall–Kier alpha value is -2.61. The van der Waals surface area contributed by atoms with Gasteiger partial charge in [0.1, 0.15) is 5.82 Å². The minimum atomic E-state index is -3.39. The molecule has 6 nitrogen and oxygen atoms in total. The Labute approximate surface area is 165 Å². The Morgan fingerprint density at radius 1 is 1.07 bits per heavy atom. The molecule has 1 aliphatic heterocycles. The number of nitrogens with zero attached hydrogens (tertiary/aromatic N) is 3. The Morgan fingerprint density at radius 3 is 2.39 bits per heavy atom. The van der Waals surface area contributed by atoms with E-state index in [9.17, 15) is 17.6 Å². The molecule has 8 heteroatoms. The van der Waals surface area contributed by atoms with Crippen molar-refractivity contribution in [3.63, 3.8) is 0 Å². The van der Waals surface area contributed by atoms with Gasteiger partial charge in [0.25, 0.3) is 5.91 Å². The van der Waals surface area contributed by atoms with Gasteiger partial charge in [-0.1, -0.05) is 18.2 Å². The fourth-order valence-electron chi connectivity index (χ4n) is 3.23. The first-order valence-electron chi connectivity index (χ1n) is 9.19. The van der Waals surface area contributed by atoms with E-state index in [-0.39, 0.29) is 17.5 Å². The van der Waals surface area contributed by atoms with E-state index in [1.165, 1.54) is 17.4 Å². The predicted octanol–water partition coefficient (Wildman–Crippen LogP) is 2.57. The number of hydrogen-bond acceptors (Lipinski definition) is 4. The monoisotopic (exact) mass is 405 g/mol. The molecule has 0 unspecified atom stereocenters. The quantitative estimate of drug-likeness (QED) is 0.767. The number of benzene rings is 2. The van der Waals surface area contributed by atoms with E-state index < -0.39 is 10.0 Å². The summed E-state index contributed by atoms with van der Waals surface area (Å²) in [5.74, 6) is -0.438. The van der Waals surface area contributed by atoms with Gasteiger partial charge < -0.3 is 9.80 Å². The standard InChI is InChI=1S/C20H24FN3O3S/c1-3-28(26,27)22(2)17-8-6-7-16(15-17)20(25)24-13-11-23(12-14-24)19-10-5-4-9-18(19)21/h4-10,15H,3,11-14H2,1-2H3. The highest BCUT2D eigenvalue weighted by molar-refractivity contribution is 7.92. The van der Waals surface area contributed by atoms with E-state index in [1.807, 2.05) is 4.90 Å². The van der Waals surface area contributed by atoms with Crippen molar-refractivity contribution < 1.29 is 17.6 Å². The van der Waals surface area contributed by atoms with Crippen LogP contribution in [0.4, 0.5) is 15.8 Å². The third-order valence-corrected chi connectivity index (χ3v) is 6.77. The van der Waals surface area contributed by atoms with Crippen LogP contribution in [-0.2, 0) is 10.0 Å². The maximum absolute atomic E-state index is 14.0. The normalized spacial score (nSPS) is 14.8. The van der Waals surface area contributed by atoms with E-state index in [2.05, 4.69) is 0 Å². The molecular formula is C20H24FN3O3S. The van der Waals surface area contributed by atoms with Gasteiger partial charge in [0, 0.05) is 38.8 Å². The molecule has 1 fully saturated rings. The van der Waals surface area contributed by atoms with Crippen LogP contribution >= 0.6 is 0 Å². The van der Waals surface area contributed by atoms with Gasteiger partial charge in [0.2, 0.25) is 10.0 Å². The zero-order valence-corrected chi connectivity index (χ0v) is 16.8. The fraction of sp³-hybridized carbons (Fsp3) is 0.350. The number of anilines is 2. The van der Waals surface area contributed by atoms with Gasteiger partial charge in [-0.3, -0.25) is 9.10 Å². The Bertz CT molecular complexity index is 957. The van der Waals surface area contributed by atoms with Crippen LogP contribution in [0.1, 0.15) is 17.3 Å². The Morgan fingerprint density at radius 2 is 1.75 bits per heavy atom. The van der Waals surface area contributed by atoms with Crippen LogP contribution < -0.4 is 9.21 Å². The smallest absolute Gasteiger partial charge is 0.254 e. The first kappa shape index (κ1) is 20.1. The summed E-state index contributed by atoms with van der Waals surface area (Å²) in [5, 5.41) is 0. The molecule has 1 aliphatic rings. The number of para-hydroxylation sites is 1. The van der Waals surface area contributed by atoms with Crippen LogP contribution in [0.15, 0.2) is 48.5 Å². The van der Waals surface area contributed by atoms with Gasteiger partial charge >= 0.3 is 0 Å². The molecule has 0 aromatic heterocycles. The van der Waals surface area contributed by atoms with Crippen LogP contribution in [0.3, 0.4) is 0 Å². The second-order valence-electron chi connectivity index (χ2n) is 6.65. The molecule has 0 radical (unpaired) electrons. The average molecular weight is 405 g/mol. The SMILES string of the molecule is CCS(=O)(=O)N(C)c1cccc(C(=O)N2CCN(c3ccccc3F)CC2)c1. The van der Waals surface area contributed by atoms with Gasteiger partial charge in [-0.2, -0.15) is 0 Å². The minimum Gasteiger partial charge on any atom is -0.366 e. The average Bonchev–Trinajstić information content (AvgIpc) is 2.73. The third kappa shape index (κ3) is 4.11. The van der Waals surface area contributed by atoms with Gasteiger partial charge in [-0.15, -0.1) is 0 Å². The van der Waals surface area contributed by atoms with Crippen molar-refractivity contribution in [2.24, 2.45) is 0 Å². The largest absolute Gasteiger partial charge is 0.366 e. The van der Waals surface area contributed by atoms with Crippen LogP contribution in [0.25, 0.3) is 0 Å². The van der Waals surface area contributed by atoms with Gasteiger partial charge in [-0.25, -0.2) is 12.8 Å². The summed E-state index contributed by atoms with van der Waals surface area (Å²) in [7, 11) is -1.91. The molecule has 1 amide bonds. The number of rotatable bonds is 5. The van der Waals surface area contributed by atoms with Crippen molar-refractivity contribution in [3.8, 4) is 0 Å². The molecule has 1 heterocycles. The molecule has 2 aromatic rings. The summed E-state index contributed by atoms with van der Waals surface area (Å²) in [6, 6.07) is 13.2. The molecule has 3 rings (SSSR count). The highest BCUT2D eigenvalue weighted by Crippen LogP contribution is 2.22. The Balaban J connectivity index is 1.70. The minimum absolute atomic E-state index is 0.0142. The first-order chi connectivity index (χ1) is 13.3. The van der Waals surface area contributed by atoms with Crippen molar-refractivity contribution in [1.82, 2.24) is 4.90 Å². The summed E-state index contributed by atoms with van der Waals surface area (Å²) in [4.78, 5) is 16.5. The topological polar surface area (TPSA) is 60.9 Å². The van der Waals surface area contributed by atoms with E-state index >= 15 is 0 Å². The van der Waals surface area contributed by atoms with Crippen LogP contribution in [-0.4, -0.2) is 58.2 Å². The highest BCUT2D eigenvalue weighted by atomic mass is 32.2. The van der Waals surface area contributed by atoms with E-state index in [0.29, 0.717) is 43.1 Å². The molecule has 0 aliphatic carbocycles. The first-order valence-corrected chi connectivity index (χ1v) is 10.8. The molecule has 0 saturated carbocycles. The molecule has 0 bridgehead atoms. The predicted molar refractivity (Wildman–Crippen MR) is 109 cm³/mol. The van der Waals surface area contributed by atoms with Crippen molar-refractivity contribution in [3.05, 3.63) is 59.9 Å². The number of carbonyl (C=O) groups is 1. The van der Waals surface area contributed by atoms with Gasteiger partial charge in [0.05, 0.1) is 17.1 Å². The Kier molecular flexibility index (Phi) is 5.88. The number of carbonyl (C=O) groups excluding carboxylic acids is 1. The molecule has 0 spiro atoms.